The van der Waals surface area contributed by atoms with Gasteiger partial charge in [0.25, 0.3) is 0 Å². The Bertz CT molecular complexity index is 744. The van der Waals surface area contributed by atoms with Gasteiger partial charge in [-0.15, -0.1) is 0 Å². The smallest absolute Gasteiger partial charge is 0.203 e. The maximum atomic E-state index is 12.5. The summed E-state index contributed by atoms with van der Waals surface area (Å²) in [6.07, 6.45) is 0. The van der Waals surface area contributed by atoms with E-state index in [1.165, 1.54) is 0 Å². The minimum absolute atomic E-state index is 0. The number of aryl methyl sites for hydroxylation is 1. The first-order chi connectivity index (χ1) is 9.99. The Morgan fingerprint density at radius 1 is 1.09 bits per heavy atom. The van der Waals surface area contributed by atoms with Crippen molar-refractivity contribution in [3.05, 3.63) is 33.5 Å². The molecule has 0 amide bonds. The van der Waals surface area contributed by atoms with E-state index in [9.17, 15) is 9.90 Å². The highest BCUT2D eigenvalue weighted by molar-refractivity contribution is 5.83. The SMILES string of the molecule is C.Cc1c(N2CCN(C)CC2)oc2c(C)c(O)ccc2c1=O. The van der Waals surface area contributed by atoms with Crippen molar-refractivity contribution in [2.75, 3.05) is 38.1 Å². The summed E-state index contributed by atoms with van der Waals surface area (Å²) >= 11 is 0. The van der Waals surface area contributed by atoms with Gasteiger partial charge >= 0.3 is 0 Å². The molecular weight excluding hydrogens is 280 g/mol. The van der Waals surface area contributed by atoms with Crippen molar-refractivity contribution < 1.29 is 9.52 Å². The summed E-state index contributed by atoms with van der Waals surface area (Å²) < 4.78 is 6.01. The van der Waals surface area contributed by atoms with Gasteiger partial charge in [0.05, 0.1) is 10.9 Å². The second-order valence-corrected chi connectivity index (χ2v) is 5.74. The third-order valence-electron chi connectivity index (χ3n) is 4.27. The third-order valence-corrected chi connectivity index (χ3v) is 4.27. The average molecular weight is 304 g/mol. The van der Waals surface area contributed by atoms with Crippen LogP contribution in [0.25, 0.3) is 11.0 Å². The van der Waals surface area contributed by atoms with Gasteiger partial charge in [-0.1, -0.05) is 7.43 Å². The quantitative estimate of drug-likeness (QED) is 0.877. The molecule has 5 nitrogen and oxygen atoms in total. The maximum absolute atomic E-state index is 12.5. The minimum atomic E-state index is -0.0201. The lowest BCUT2D eigenvalue weighted by atomic mass is 10.1. The number of phenolic OH excluding ortho intramolecular Hbond substituents is 1. The molecule has 0 saturated carbocycles. The number of likely N-dealkylation sites (N-methyl/N-ethyl adjacent to an activating group) is 1. The lowest BCUT2D eigenvalue weighted by molar-refractivity contribution is 0.306. The van der Waals surface area contributed by atoms with Crippen molar-refractivity contribution in [3.8, 4) is 5.75 Å². The van der Waals surface area contributed by atoms with Gasteiger partial charge in [0, 0.05) is 31.7 Å². The summed E-state index contributed by atoms with van der Waals surface area (Å²) in [5.41, 5.74) is 1.71. The Balaban J connectivity index is 0.00000176. The Hall–Kier alpha value is -2.01. The number of benzene rings is 1. The molecule has 1 aromatic heterocycles. The number of hydrogen-bond donors (Lipinski definition) is 1. The molecule has 0 radical (unpaired) electrons. The van der Waals surface area contributed by atoms with E-state index in [0.29, 0.717) is 28.0 Å². The van der Waals surface area contributed by atoms with Crippen molar-refractivity contribution in [2.45, 2.75) is 21.3 Å². The van der Waals surface area contributed by atoms with Crippen LogP contribution in [-0.4, -0.2) is 43.2 Å². The van der Waals surface area contributed by atoms with Crippen molar-refractivity contribution in [3.63, 3.8) is 0 Å². The fraction of sp³-hybridized carbons (Fsp3) is 0.471. The number of hydrogen-bond acceptors (Lipinski definition) is 5. The molecule has 1 aromatic carbocycles. The molecule has 2 heterocycles. The van der Waals surface area contributed by atoms with Gasteiger partial charge < -0.3 is 19.3 Å². The Morgan fingerprint density at radius 2 is 1.73 bits per heavy atom. The van der Waals surface area contributed by atoms with E-state index in [1.54, 1.807) is 26.0 Å². The zero-order chi connectivity index (χ0) is 15.1. The van der Waals surface area contributed by atoms with E-state index in [-0.39, 0.29) is 18.6 Å². The molecule has 120 valence electrons. The van der Waals surface area contributed by atoms with E-state index < -0.39 is 0 Å². The molecule has 22 heavy (non-hydrogen) atoms. The second kappa shape index (κ2) is 6.01. The van der Waals surface area contributed by atoms with E-state index in [4.69, 9.17) is 4.42 Å². The van der Waals surface area contributed by atoms with Crippen LogP contribution in [0.1, 0.15) is 18.6 Å². The van der Waals surface area contributed by atoms with Crippen molar-refractivity contribution >= 4 is 16.9 Å². The number of aromatic hydroxyl groups is 1. The van der Waals surface area contributed by atoms with Crippen molar-refractivity contribution in [1.29, 1.82) is 0 Å². The first kappa shape index (κ1) is 16.4. The molecule has 1 fully saturated rings. The molecule has 0 bridgehead atoms. The van der Waals surface area contributed by atoms with Crippen LogP contribution in [-0.2, 0) is 0 Å². The Morgan fingerprint density at radius 3 is 2.36 bits per heavy atom. The first-order valence-electron chi connectivity index (χ1n) is 7.18. The molecule has 1 N–H and O–H groups in total. The fourth-order valence-electron chi connectivity index (χ4n) is 2.78. The number of rotatable bonds is 1. The highest BCUT2D eigenvalue weighted by Gasteiger charge is 2.21. The molecule has 0 unspecified atom stereocenters. The summed E-state index contributed by atoms with van der Waals surface area (Å²) in [4.78, 5) is 16.9. The summed E-state index contributed by atoms with van der Waals surface area (Å²) in [6, 6.07) is 3.17. The number of nitrogens with zero attached hydrogens (tertiary/aromatic N) is 2. The molecule has 1 saturated heterocycles. The fourth-order valence-corrected chi connectivity index (χ4v) is 2.78. The third kappa shape index (κ3) is 2.57. The van der Waals surface area contributed by atoms with Gasteiger partial charge in [-0.05, 0) is 33.0 Å². The predicted octanol–water partition coefficient (Wildman–Crippen LogP) is 2.50. The van der Waals surface area contributed by atoms with Crippen LogP contribution in [0.5, 0.6) is 5.75 Å². The van der Waals surface area contributed by atoms with Gasteiger partial charge in [0.15, 0.2) is 5.43 Å². The van der Waals surface area contributed by atoms with Gasteiger partial charge in [-0.2, -0.15) is 0 Å². The summed E-state index contributed by atoms with van der Waals surface area (Å²) in [5.74, 6) is 0.785. The van der Waals surface area contributed by atoms with Gasteiger partial charge in [-0.3, -0.25) is 4.79 Å². The largest absolute Gasteiger partial charge is 0.508 e. The number of phenols is 1. The average Bonchev–Trinajstić information content (AvgIpc) is 2.48. The van der Waals surface area contributed by atoms with Crippen LogP contribution in [0.2, 0.25) is 0 Å². The van der Waals surface area contributed by atoms with E-state index in [1.807, 2.05) is 0 Å². The molecule has 0 aliphatic carbocycles. The highest BCUT2D eigenvalue weighted by Crippen LogP contribution is 2.29. The summed E-state index contributed by atoms with van der Waals surface area (Å²) in [7, 11) is 2.09. The van der Waals surface area contributed by atoms with Crippen LogP contribution in [0.4, 0.5) is 5.88 Å². The zero-order valence-electron chi connectivity index (χ0n) is 12.6. The molecule has 0 atom stereocenters. The highest BCUT2D eigenvalue weighted by atomic mass is 16.4. The van der Waals surface area contributed by atoms with E-state index in [0.717, 1.165) is 26.2 Å². The Kier molecular flexibility index (Phi) is 4.47. The minimum Gasteiger partial charge on any atom is -0.508 e. The summed E-state index contributed by atoms with van der Waals surface area (Å²) in [5, 5.41) is 10.4. The van der Waals surface area contributed by atoms with Gasteiger partial charge in [0.1, 0.15) is 11.3 Å². The number of anilines is 1. The number of piperazine rings is 1. The molecule has 1 aliphatic rings. The second-order valence-electron chi connectivity index (χ2n) is 5.74. The molecule has 2 aromatic rings. The monoisotopic (exact) mass is 304 g/mol. The van der Waals surface area contributed by atoms with Crippen LogP contribution in [0, 0.1) is 13.8 Å². The molecular formula is C17H24N2O3. The zero-order valence-corrected chi connectivity index (χ0v) is 12.6. The molecule has 1 aliphatic heterocycles. The van der Waals surface area contributed by atoms with Gasteiger partial charge in [-0.25, -0.2) is 0 Å². The van der Waals surface area contributed by atoms with E-state index >= 15 is 0 Å². The summed E-state index contributed by atoms with van der Waals surface area (Å²) in [6.45, 7) is 7.14. The van der Waals surface area contributed by atoms with Crippen LogP contribution >= 0.6 is 0 Å². The van der Waals surface area contributed by atoms with Crippen LogP contribution < -0.4 is 10.3 Å². The predicted molar refractivity (Wildman–Crippen MR) is 90.1 cm³/mol. The first-order valence-corrected chi connectivity index (χ1v) is 7.18. The van der Waals surface area contributed by atoms with Gasteiger partial charge in [0.2, 0.25) is 5.88 Å². The molecule has 5 heteroatoms. The normalized spacial score (nSPS) is 15.9. The topological polar surface area (TPSA) is 56.9 Å². The standard InChI is InChI=1S/C16H20N2O3.CH4/c1-10-13(19)5-4-12-14(20)11(2)16(21-15(10)12)18-8-6-17(3)7-9-18;/h4-5,19H,6-9H2,1-3H3;1H4. The van der Waals surface area contributed by atoms with Crippen LogP contribution in [0.15, 0.2) is 21.3 Å². The lowest BCUT2D eigenvalue weighted by Gasteiger charge is -2.33. The number of fused-ring (bicyclic) bond motifs is 1. The molecule has 3 rings (SSSR count). The van der Waals surface area contributed by atoms with E-state index in [2.05, 4.69) is 16.8 Å². The van der Waals surface area contributed by atoms with Crippen LogP contribution in [0.3, 0.4) is 0 Å². The van der Waals surface area contributed by atoms with Crippen molar-refractivity contribution in [1.82, 2.24) is 4.90 Å². The Labute approximate surface area is 130 Å². The molecule has 0 spiro atoms. The maximum Gasteiger partial charge on any atom is 0.203 e. The lowest BCUT2D eigenvalue weighted by Crippen LogP contribution is -2.45. The van der Waals surface area contributed by atoms with Crippen molar-refractivity contribution in [2.24, 2.45) is 0 Å².